The summed E-state index contributed by atoms with van der Waals surface area (Å²) in [6.07, 6.45) is 2.06. The molecular weight excluding hydrogens is 718 g/mol. The molecule has 0 spiro atoms. The van der Waals surface area contributed by atoms with Crippen molar-refractivity contribution in [2.24, 2.45) is 0 Å². The van der Waals surface area contributed by atoms with Gasteiger partial charge in [0.2, 0.25) is 11.8 Å². The maximum absolute atomic E-state index is 13.1. The SMILES string of the molecule is CCOP(=O)(Cl)OCC.CCOP(=O)(OCC)C1CC(C)(C)N(Cc2ccc(OC)cc2)C1=O.COc1ccc(CN2C(=O)CCC2(C)C)cc1. The molecule has 0 radical (unpaired) electrons. The highest BCUT2D eigenvalue weighted by molar-refractivity contribution is 7.81. The van der Waals surface area contributed by atoms with Crippen LogP contribution in [0.4, 0.5) is 0 Å². The highest BCUT2D eigenvalue weighted by atomic mass is 35.7. The minimum atomic E-state index is -3.47. The molecule has 12 nitrogen and oxygen atoms in total. The van der Waals surface area contributed by atoms with Crippen LogP contribution in [-0.2, 0) is 49.9 Å². The summed E-state index contributed by atoms with van der Waals surface area (Å²) in [5, 5.41) is 0. The lowest BCUT2D eigenvalue weighted by Crippen LogP contribution is -2.40. The molecule has 4 rings (SSSR count). The molecular formula is C36H57ClN2O10P2. The average Bonchev–Trinajstić information content (AvgIpc) is 3.47. The monoisotopic (exact) mass is 774 g/mol. The highest BCUT2D eigenvalue weighted by Crippen LogP contribution is 2.59. The first-order chi connectivity index (χ1) is 23.9. The number of likely N-dealkylation sites (tertiary alicyclic amines) is 2. The molecule has 0 saturated carbocycles. The van der Waals surface area contributed by atoms with Crippen LogP contribution in [0.1, 0.15) is 85.8 Å². The largest absolute Gasteiger partial charge is 0.497 e. The van der Waals surface area contributed by atoms with Crippen LogP contribution in [0.2, 0.25) is 0 Å². The minimum absolute atomic E-state index is 0.0169. The van der Waals surface area contributed by atoms with E-state index in [2.05, 4.69) is 22.9 Å². The third-order valence-electron chi connectivity index (χ3n) is 8.52. The summed E-state index contributed by atoms with van der Waals surface area (Å²) in [6.45, 7) is 14.2. The molecule has 2 amide bonds. The first-order valence-electron chi connectivity index (χ1n) is 17.3. The van der Waals surface area contributed by atoms with Gasteiger partial charge in [-0.15, -0.1) is 0 Å². The Hall–Kier alpha value is -2.43. The quantitative estimate of drug-likeness (QED) is 0.162. The molecule has 2 fully saturated rings. The molecule has 0 N–H and O–H groups in total. The van der Waals surface area contributed by atoms with E-state index in [4.69, 9.17) is 29.8 Å². The van der Waals surface area contributed by atoms with Crippen molar-refractivity contribution in [1.29, 1.82) is 0 Å². The maximum Gasteiger partial charge on any atom is 0.424 e. The smallest absolute Gasteiger partial charge is 0.424 e. The van der Waals surface area contributed by atoms with Gasteiger partial charge in [-0.2, -0.15) is 0 Å². The van der Waals surface area contributed by atoms with E-state index < -0.39 is 25.7 Å². The Labute approximate surface area is 309 Å². The van der Waals surface area contributed by atoms with Gasteiger partial charge in [-0.1, -0.05) is 24.3 Å². The van der Waals surface area contributed by atoms with E-state index in [1.165, 1.54) is 0 Å². The zero-order chi connectivity index (χ0) is 38.5. The number of benzene rings is 2. The molecule has 2 saturated heterocycles. The molecule has 2 aromatic rings. The van der Waals surface area contributed by atoms with Crippen molar-refractivity contribution in [3.8, 4) is 11.5 Å². The third kappa shape index (κ3) is 13.2. The normalized spacial score (nSPS) is 18.1. The molecule has 2 heterocycles. The van der Waals surface area contributed by atoms with E-state index in [9.17, 15) is 18.7 Å². The Bertz CT molecular complexity index is 1470. The highest BCUT2D eigenvalue weighted by Gasteiger charge is 2.54. The standard InChI is InChI=1S/C18H28NO5P.C14H19NO2.C4H10ClO3P/c1-6-23-25(21,24-7-2)16-12-18(3,4)19(17(16)20)13-14-8-10-15(22-5)11-9-14;1-14(2)9-8-13(16)15(14)10-11-4-6-12(17-3)7-5-11;1-3-7-9(5,6)8-4-2/h8-11,16H,6-7,12-13H2,1-5H3;4-7H,8-10H2,1-3H3;3-4H2,1-2H3. The predicted octanol–water partition coefficient (Wildman–Crippen LogP) is 8.84. The Balaban J connectivity index is 0.000000298. The summed E-state index contributed by atoms with van der Waals surface area (Å²) in [5.41, 5.74) is 0.947. The molecule has 1 atom stereocenters. The van der Waals surface area contributed by atoms with Gasteiger partial charge in [-0.05, 0) is 104 Å². The average molecular weight is 775 g/mol. The van der Waals surface area contributed by atoms with E-state index in [1.54, 1.807) is 46.8 Å². The number of nitrogens with zero attached hydrogens (tertiary/aromatic N) is 2. The lowest BCUT2D eigenvalue weighted by molar-refractivity contribution is -0.132. The van der Waals surface area contributed by atoms with E-state index in [0.717, 1.165) is 29.0 Å². The van der Waals surface area contributed by atoms with Gasteiger partial charge in [0.05, 0.1) is 40.6 Å². The lowest BCUT2D eigenvalue weighted by Gasteiger charge is -2.31. The van der Waals surface area contributed by atoms with Crippen LogP contribution >= 0.6 is 25.8 Å². The first-order valence-corrected chi connectivity index (χ1v) is 21.3. The van der Waals surface area contributed by atoms with Crippen molar-refractivity contribution in [3.05, 3.63) is 59.7 Å². The van der Waals surface area contributed by atoms with Crippen molar-refractivity contribution in [3.63, 3.8) is 0 Å². The summed E-state index contributed by atoms with van der Waals surface area (Å²) >= 11 is 5.25. The molecule has 15 heteroatoms. The van der Waals surface area contributed by atoms with Crippen LogP contribution in [0.3, 0.4) is 0 Å². The Morgan fingerprint density at radius 3 is 1.45 bits per heavy atom. The van der Waals surface area contributed by atoms with Crippen molar-refractivity contribution in [2.75, 3.05) is 40.6 Å². The fourth-order valence-corrected chi connectivity index (χ4v) is 9.27. The molecule has 2 aromatic carbocycles. The molecule has 2 aliphatic heterocycles. The van der Waals surface area contributed by atoms with Gasteiger partial charge in [0, 0.05) is 41.8 Å². The molecule has 0 aromatic heterocycles. The first kappa shape index (κ1) is 44.7. The number of ether oxygens (including phenoxy) is 2. The number of methoxy groups -OCH3 is 2. The second-order valence-corrected chi connectivity index (χ2v) is 17.9. The zero-order valence-electron chi connectivity index (χ0n) is 31.8. The molecule has 0 aliphatic carbocycles. The second-order valence-electron chi connectivity index (χ2n) is 13.1. The summed E-state index contributed by atoms with van der Waals surface area (Å²) in [5.74, 6) is 1.70. The minimum Gasteiger partial charge on any atom is -0.497 e. The number of amides is 2. The van der Waals surface area contributed by atoms with E-state index in [0.29, 0.717) is 39.1 Å². The number of rotatable bonds is 15. The summed E-state index contributed by atoms with van der Waals surface area (Å²) in [7, 11) is -0.197. The van der Waals surface area contributed by atoms with Gasteiger partial charge in [0.1, 0.15) is 17.2 Å². The van der Waals surface area contributed by atoms with Crippen molar-refractivity contribution in [2.45, 2.75) is 104 Å². The Morgan fingerprint density at radius 1 is 0.686 bits per heavy atom. The fourth-order valence-electron chi connectivity index (χ4n) is 5.76. The van der Waals surface area contributed by atoms with E-state index in [-0.39, 0.29) is 30.6 Å². The van der Waals surface area contributed by atoms with Crippen molar-refractivity contribution < 1.29 is 46.3 Å². The van der Waals surface area contributed by atoms with Crippen LogP contribution in [0.15, 0.2) is 48.5 Å². The van der Waals surface area contributed by atoms with Gasteiger partial charge in [-0.25, -0.2) is 4.57 Å². The molecule has 2 aliphatic rings. The van der Waals surface area contributed by atoms with Gasteiger partial charge in [0.15, 0.2) is 0 Å². The Kier molecular flexibility index (Phi) is 17.7. The van der Waals surface area contributed by atoms with Crippen molar-refractivity contribution in [1.82, 2.24) is 9.80 Å². The van der Waals surface area contributed by atoms with Gasteiger partial charge in [0.25, 0.3) is 0 Å². The third-order valence-corrected chi connectivity index (χ3v) is 12.6. The molecule has 0 bridgehead atoms. The number of hydrogen-bond acceptors (Lipinski definition) is 10. The number of carbonyl (C=O) groups excluding carboxylic acids is 2. The summed E-state index contributed by atoms with van der Waals surface area (Å²) < 4.78 is 54.1. The van der Waals surface area contributed by atoms with Crippen molar-refractivity contribution >= 4 is 37.6 Å². The second kappa shape index (κ2) is 20.1. The topological polar surface area (TPSA) is 130 Å². The van der Waals surface area contributed by atoms with Crippen LogP contribution < -0.4 is 9.47 Å². The maximum atomic E-state index is 13.1. The van der Waals surface area contributed by atoms with Crippen LogP contribution in [0.5, 0.6) is 11.5 Å². The summed E-state index contributed by atoms with van der Waals surface area (Å²) in [6, 6.07) is 15.5. The Morgan fingerprint density at radius 2 is 1.10 bits per heavy atom. The number of halogens is 1. The molecule has 288 valence electrons. The fraction of sp³-hybridized carbons (Fsp3) is 0.611. The van der Waals surface area contributed by atoms with Crippen LogP contribution in [0.25, 0.3) is 0 Å². The van der Waals surface area contributed by atoms with E-state index in [1.807, 2.05) is 67.3 Å². The number of carbonyl (C=O) groups is 2. The van der Waals surface area contributed by atoms with Gasteiger partial charge < -0.3 is 28.3 Å². The van der Waals surface area contributed by atoms with Crippen LogP contribution in [0, 0.1) is 0 Å². The lowest BCUT2D eigenvalue weighted by atomic mass is 10.0. The van der Waals surface area contributed by atoms with Gasteiger partial charge >= 0.3 is 14.5 Å². The predicted molar refractivity (Wildman–Crippen MR) is 200 cm³/mol. The van der Waals surface area contributed by atoms with E-state index >= 15 is 0 Å². The zero-order valence-corrected chi connectivity index (χ0v) is 34.4. The van der Waals surface area contributed by atoms with Gasteiger partial charge in [-0.3, -0.25) is 23.2 Å². The number of hydrogen-bond donors (Lipinski definition) is 0. The van der Waals surface area contributed by atoms with Crippen LogP contribution in [-0.4, -0.2) is 79.0 Å². The molecule has 1 unspecified atom stereocenters. The summed E-state index contributed by atoms with van der Waals surface area (Å²) in [4.78, 5) is 28.6. The molecule has 51 heavy (non-hydrogen) atoms.